The molecule has 0 aromatic heterocycles. The van der Waals surface area contributed by atoms with Crippen molar-refractivity contribution in [2.24, 2.45) is 0 Å². The lowest BCUT2D eigenvalue weighted by molar-refractivity contribution is 0.0947. The van der Waals surface area contributed by atoms with Crippen LogP contribution in [0, 0.1) is 11.6 Å². The van der Waals surface area contributed by atoms with Crippen LogP contribution in [0.1, 0.15) is 27.5 Å². The SMILES string of the molecule is CN1c2ccccc2C(c2ccccc2F)NCC1CNC(=O)c1ccccc1F. The molecule has 2 atom stereocenters. The quantitative estimate of drug-likeness (QED) is 0.690. The van der Waals surface area contributed by atoms with Crippen molar-refractivity contribution in [3.63, 3.8) is 0 Å². The predicted octanol–water partition coefficient (Wildman–Crippen LogP) is 3.89. The minimum Gasteiger partial charge on any atom is -0.368 e. The third kappa shape index (κ3) is 3.91. The Hall–Kier alpha value is -3.25. The second-order valence-electron chi connectivity index (χ2n) is 7.38. The lowest BCUT2D eigenvalue weighted by atomic mass is 9.97. The van der Waals surface area contributed by atoms with Gasteiger partial charge in [0.2, 0.25) is 0 Å². The number of rotatable bonds is 4. The minimum absolute atomic E-state index is 0.0198. The second kappa shape index (κ2) is 8.63. The number of nitrogens with one attached hydrogen (secondary N) is 2. The molecule has 4 nitrogen and oxygen atoms in total. The van der Waals surface area contributed by atoms with E-state index in [1.165, 1.54) is 18.2 Å². The molecule has 0 saturated carbocycles. The van der Waals surface area contributed by atoms with E-state index in [0.29, 0.717) is 18.7 Å². The van der Waals surface area contributed by atoms with Crippen molar-refractivity contribution in [2.75, 3.05) is 25.0 Å². The number of para-hydroxylation sites is 1. The Morgan fingerprint density at radius 2 is 1.60 bits per heavy atom. The van der Waals surface area contributed by atoms with Crippen molar-refractivity contribution < 1.29 is 13.6 Å². The normalized spacial score (nSPS) is 18.4. The fourth-order valence-corrected chi connectivity index (χ4v) is 3.90. The molecule has 0 fully saturated rings. The van der Waals surface area contributed by atoms with E-state index >= 15 is 0 Å². The molecule has 6 heteroatoms. The van der Waals surface area contributed by atoms with Gasteiger partial charge in [-0.1, -0.05) is 48.5 Å². The zero-order chi connectivity index (χ0) is 21.1. The standard InChI is InChI=1S/C24H23F2N3O/c1-29-16(15-28-24(30)18-9-3-6-12-21(18)26)14-27-23(17-8-2-5-11-20(17)25)19-10-4-7-13-22(19)29/h2-13,16,23,27H,14-15H2,1H3,(H,28,30). The zero-order valence-electron chi connectivity index (χ0n) is 16.6. The van der Waals surface area contributed by atoms with Gasteiger partial charge in [-0.15, -0.1) is 0 Å². The number of hydrogen-bond donors (Lipinski definition) is 2. The van der Waals surface area contributed by atoms with Crippen molar-refractivity contribution in [1.29, 1.82) is 0 Å². The van der Waals surface area contributed by atoms with E-state index in [0.717, 1.165) is 11.3 Å². The lowest BCUT2D eigenvalue weighted by Gasteiger charge is -2.29. The van der Waals surface area contributed by atoms with Crippen molar-refractivity contribution in [2.45, 2.75) is 12.1 Å². The second-order valence-corrected chi connectivity index (χ2v) is 7.38. The van der Waals surface area contributed by atoms with Crippen LogP contribution in [-0.4, -0.2) is 32.1 Å². The summed E-state index contributed by atoms with van der Waals surface area (Å²) in [6.45, 7) is 0.830. The van der Waals surface area contributed by atoms with Gasteiger partial charge in [-0.05, 0) is 29.8 Å². The van der Waals surface area contributed by atoms with Crippen molar-refractivity contribution in [1.82, 2.24) is 10.6 Å². The maximum Gasteiger partial charge on any atom is 0.254 e. The van der Waals surface area contributed by atoms with Gasteiger partial charge in [-0.2, -0.15) is 0 Å². The molecular formula is C24H23F2N3O. The summed E-state index contributed by atoms with van der Waals surface area (Å²) in [7, 11) is 1.95. The van der Waals surface area contributed by atoms with E-state index in [2.05, 4.69) is 15.5 Å². The summed E-state index contributed by atoms with van der Waals surface area (Å²) in [4.78, 5) is 14.5. The topological polar surface area (TPSA) is 44.4 Å². The highest BCUT2D eigenvalue weighted by Crippen LogP contribution is 2.34. The maximum atomic E-state index is 14.5. The number of carbonyl (C=O) groups is 1. The molecule has 1 amide bonds. The van der Waals surface area contributed by atoms with Crippen molar-refractivity contribution in [3.05, 3.63) is 101 Å². The largest absolute Gasteiger partial charge is 0.368 e. The van der Waals surface area contributed by atoms with Crippen molar-refractivity contribution in [3.8, 4) is 0 Å². The molecule has 0 radical (unpaired) electrons. The molecule has 154 valence electrons. The first kappa shape index (κ1) is 20.0. The molecule has 2 N–H and O–H groups in total. The van der Waals surface area contributed by atoms with Crippen LogP contribution >= 0.6 is 0 Å². The monoisotopic (exact) mass is 407 g/mol. The van der Waals surface area contributed by atoms with Gasteiger partial charge in [-0.3, -0.25) is 4.79 Å². The first-order chi connectivity index (χ1) is 14.6. The van der Waals surface area contributed by atoms with Gasteiger partial charge in [0.05, 0.1) is 17.6 Å². The number of likely N-dealkylation sites (N-methyl/N-ethyl adjacent to an activating group) is 1. The number of amides is 1. The molecule has 1 aliphatic rings. The number of hydrogen-bond acceptors (Lipinski definition) is 3. The summed E-state index contributed by atoms with van der Waals surface area (Å²) < 4.78 is 28.4. The average Bonchev–Trinajstić information content (AvgIpc) is 2.90. The van der Waals surface area contributed by atoms with Crippen LogP contribution in [0.25, 0.3) is 0 Å². The highest BCUT2D eigenvalue weighted by atomic mass is 19.1. The van der Waals surface area contributed by atoms with Crippen LogP contribution in [0.2, 0.25) is 0 Å². The van der Waals surface area contributed by atoms with Crippen LogP contribution in [0.4, 0.5) is 14.5 Å². The molecule has 4 rings (SSSR count). The third-order valence-corrected chi connectivity index (χ3v) is 5.57. The number of nitrogens with zero attached hydrogens (tertiary/aromatic N) is 1. The van der Waals surface area contributed by atoms with Gasteiger partial charge in [0.15, 0.2) is 0 Å². The van der Waals surface area contributed by atoms with Gasteiger partial charge >= 0.3 is 0 Å². The van der Waals surface area contributed by atoms with E-state index < -0.39 is 11.7 Å². The van der Waals surface area contributed by atoms with Gasteiger partial charge in [0, 0.05) is 31.4 Å². The summed E-state index contributed by atoms with van der Waals surface area (Å²) in [5, 5.41) is 6.27. The fraction of sp³-hybridized carbons (Fsp3) is 0.208. The molecular weight excluding hydrogens is 384 g/mol. The Balaban J connectivity index is 1.57. The maximum absolute atomic E-state index is 14.5. The zero-order valence-corrected chi connectivity index (χ0v) is 16.6. The van der Waals surface area contributed by atoms with E-state index in [4.69, 9.17) is 0 Å². The summed E-state index contributed by atoms with van der Waals surface area (Å²) in [6.07, 6.45) is 0. The molecule has 3 aromatic carbocycles. The third-order valence-electron chi connectivity index (χ3n) is 5.57. The summed E-state index contributed by atoms with van der Waals surface area (Å²) in [5.41, 5.74) is 2.52. The Morgan fingerprint density at radius 1 is 0.967 bits per heavy atom. The van der Waals surface area contributed by atoms with Crippen molar-refractivity contribution >= 4 is 11.6 Å². The Labute approximate surface area is 174 Å². The molecule has 3 aromatic rings. The van der Waals surface area contributed by atoms with Crippen LogP contribution in [0.3, 0.4) is 0 Å². The van der Waals surface area contributed by atoms with Crippen LogP contribution in [-0.2, 0) is 0 Å². The Morgan fingerprint density at radius 3 is 2.33 bits per heavy atom. The smallest absolute Gasteiger partial charge is 0.254 e. The number of carbonyl (C=O) groups excluding carboxylic acids is 1. The molecule has 0 aliphatic carbocycles. The van der Waals surface area contributed by atoms with E-state index in [9.17, 15) is 13.6 Å². The molecule has 2 unspecified atom stereocenters. The predicted molar refractivity (Wildman–Crippen MR) is 114 cm³/mol. The molecule has 30 heavy (non-hydrogen) atoms. The van der Waals surface area contributed by atoms with Crippen LogP contribution < -0.4 is 15.5 Å². The molecule has 0 bridgehead atoms. The minimum atomic E-state index is -0.549. The summed E-state index contributed by atoms with van der Waals surface area (Å²) in [5.74, 6) is -1.27. The lowest BCUT2D eigenvalue weighted by Crippen LogP contribution is -2.46. The van der Waals surface area contributed by atoms with Gasteiger partial charge in [-0.25, -0.2) is 8.78 Å². The summed E-state index contributed by atoms with van der Waals surface area (Å²) in [6, 6.07) is 20.1. The van der Waals surface area contributed by atoms with E-state index in [1.807, 2.05) is 37.4 Å². The first-order valence-electron chi connectivity index (χ1n) is 9.88. The fourth-order valence-electron chi connectivity index (χ4n) is 3.90. The highest BCUT2D eigenvalue weighted by Gasteiger charge is 2.29. The molecule has 1 aliphatic heterocycles. The van der Waals surface area contributed by atoms with Crippen LogP contribution in [0.15, 0.2) is 72.8 Å². The molecule has 0 saturated heterocycles. The average molecular weight is 407 g/mol. The number of benzene rings is 3. The Bertz CT molecular complexity index is 1060. The number of anilines is 1. The number of halogens is 2. The molecule has 1 heterocycles. The van der Waals surface area contributed by atoms with Crippen LogP contribution in [0.5, 0.6) is 0 Å². The number of fused-ring (bicyclic) bond motifs is 1. The van der Waals surface area contributed by atoms with Gasteiger partial charge < -0.3 is 15.5 Å². The molecule has 0 spiro atoms. The van der Waals surface area contributed by atoms with Gasteiger partial charge in [0.25, 0.3) is 5.91 Å². The van der Waals surface area contributed by atoms with E-state index in [-0.39, 0.29) is 23.5 Å². The Kier molecular flexibility index (Phi) is 5.77. The summed E-state index contributed by atoms with van der Waals surface area (Å²) >= 11 is 0. The van der Waals surface area contributed by atoms with E-state index in [1.54, 1.807) is 24.3 Å². The first-order valence-corrected chi connectivity index (χ1v) is 9.88. The van der Waals surface area contributed by atoms with Gasteiger partial charge in [0.1, 0.15) is 11.6 Å². The highest BCUT2D eigenvalue weighted by molar-refractivity contribution is 5.94.